The Labute approximate surface area is 159 Å². The summed E-state index contributed by atoms with van der Waals surface area (Å²) in [6.07, 6.45) is 8.03. The SMILES string of the molecule is CN(C)Cc1nc(-c2ccc(C3CC(Cn4ccnc4)CCO3)cc2)n[nH]1. The van der Waals surface area contributed by atoms with Gasteiger partial charge in [-0.25, -0.2) is 9.97 Å². The van der Waals surface area contributed by atoms with E-state index in [1.807, 2.05) is 32.8 Å². The van der Waals surface area contributed by atoms with Gasteiger partial charge in [-0.1, -0.05) is 24.3 Å². The first-order valence-electron chi connectivity index (χ1n) is 9.41. The minimum Gasteiger partial charge on any atom is -0.374 e. The van der Waals surface area contributed by atoms with Crippen LogP contribution in [0.5, 0.6) is 0 Å². The second kappa shape index (κ2) is 8.02. The number of ether oxygens (including phenoxy) is 1. The van der Waals surface area contributed by atoms with E-state index in [0.717, 1.165) is 49.8 Å². The molecule has 7 heteroatoms. The van der Waals surface area contributed by atoms with Gasteiger partial charge in [0.2, 0.25) is 0 Å². The van der Waals surface area contributed by atoms with E-state index in [0.29, 0.717) is 5.92 Å². The number of hydrogen-bond acceptors (Lipinski definition) is 5. The van der Waals surface area contributed by atoms with Crippen LogP contribution in [0.25, 0.3) is 11.4 Å². The Bertz CT molecular complexity index is 840. The van der Waals surface area contributed by atoms with Crippen LogP contribution in [0.4, 0.5) is 0 Å². The van der Waals surface area contributed by atoms with Crippen LogP contribution in [0.3, 0.4) is 0 Å². The highest BCUT2D eigenvalue weighted by atomic mass is 16.5. The van der Waals surface area contributed by atoms with Crippen LogP contribution in [0, 0.1) is 5.92 Å². The minimum atomic E-state index is 0.151. The van der Waals surface area contributed by atoms with Crippen LogP contribution in [0.2, 0.25) is 0 Å². The lowest BCUT2D eigenvalue weighted by atomic mass is 9.91. The Morgan fingerprint density at radius 3 is 2.85 bits per heavy atom. The van der Waals surface area contributed by atoms with Crippen molar-refractivity contribution in [2.75, 3.05) is 20.7 Å². The van der Waals surface area contributed by atoms with Gasteiger partial charge in [0.15, 0.2) is 5.82 Å². The summed E-state index contributed by atoms with van der Waals surface area (Å²) in [5.41, 5.74) is 2.24. The van der Waals surface area contributed by atoms with Crippen molar-refractivity contribution in [3.63, 3.8) is 0 Å². The van der Waals surface area contributed by atoms with Gasteiger partial charge in [-0.3, -0.25) is 5.10 Å². The molecule has 0 saturated carbocycles. The van der Waals surface area contributed by atoms with Crippen LogP contribution in [-0.2, 0) is 17.8 Å². The molecular formula is C20H26N6O. The van der Waals surface area contributed by atoms with Crippen LogP contribution < -0.4 is 0 Å². The van der Waals surface area contributed by atoms with E-state index in [2.05, 4.69) is 53.9 Å². The van der Waals surface area contributed by atoms with Crippen molar-refractivity contribution in [2.24, 2.45) is 5.92 Å². The molecule has 7 nitrogen and oxygen atoms in total. The maximum Gasteiger partial charge on any atom is 0.181 e. The first-order valence-corrected chi connectivity index (χ1v) is 9.41. The number of aromatic amines is 1. The third-order valence-corrected chi connectivity index (χ3v) is 4.96. The number of aromatic nitrogens is 5. The predicted octanol–water partition coefficient (Wildman–Crippen LogP) is 2.90. The molecule has 4 rings (SSSR count). The smallest absolute Gasteiger partial charge is 0.181 e. The number of hydrogen-bond donors (Lipinski definition) is 1. The molecule has 1 N–H and O–H groups in total. The molecule has 0 bridgehead atoms. The average Bonchev–Trinajstić information content (AvgIpc) is 3.34. The van der Waals surface area contributed by atoms with Crippen molar-refractivity contribution < 1.29 is 4.74 Å². The monoisotopic (exact) mass is 366 g/mol. The Balaban J connectivity index is 1.41. The predicted molar refractivity (Wildman–Crippen MR) is 103 cm³/mol. The topological polar surface area (TPSA) is 71.9 Å². The Hall–Kier alpha value is -2.51. The summed E-state index contributed by atoms with van der Waals surface area (Å²) in [5.74, 6) is 2.22. The van der Waals surface area contributed by atoms with Crippen LogP contribution in [0.1, 0.15) is 30.3 Å². The summed E-state index contributed by atoms with van der Waals surface area (Å²) < 4.78 is 8.20. The largest absolute Gasteiger partial charge is 0.374 e. The van der Waals surface area contributed by atoms with Crippen molar-refractivity contribution in [2.45, 2.75) is 32.0 Å². The first kappa shape index (κ1) is 17.9. The highest BCUT2D eigenvalue weighted by Crippen LogP contribution is 2.33. The van der Waals surface area contributed by atoms with Gasteiger partial charge in [0, 0.05) is 31.1 Å². The molecule has 3 heterocycles. The number of benzene rings is 1. The van der Waals surface area contributed by atoms with Gasteiger partial charge in [0.1, 0.15) is 5.82 Å². The van der Waals surface area contributed by atoms with E-state index in [1.54, 1.807) is 0 Å². The Morgan fingerprint density at radius 2 is 2.11 bits per heavy atom. The standard InChI is InChI=1S/C20H26N6O/c1-25(2)13-19-22-20(24-23-19)17-5-3-16(4-6-17)18-11-15(7-10-27-18)12-26-9-8-21-14-26/h3-6,8-9,14-15,18H,7,10-13H2,1-2H3,(H,22,23,24). The summed E-state index contributed by atoms with van der Waals surface area (Å²) in [6, 6.07) is 8.45. The van der Waals surface area contributed by atoms with Crippen LogP contribution >= 0.6 is 0 Å². The Morgan fingerprint density at radius 1 is 1.26 bits per heavy atom. The molecule has 1 aliphatic rings. The van der Waals surface area contributed by atoms with E-state index in [-0.39, 0.29) is 6.10 Å². The Kier molecular flexibility index (Phi) is 5.31. The lowest BCUT2D eigenvalue weighted by Gasteiger charge is -2.30. The quantitative estimate of drug-likeness (QED) is 0.726. The zero-order valence-corrected chi connectivity index (χ0v) is 15.9. The molecule has 2 aromatic heterocycles. The van der Waals surface area contributed by atoms with Gasteiger partial charge in [0.05, 0.1) is 19.0 Å². The van der Waals surface area contributed by atoms with Crippen molar-refractivity contribution in [1.82, 2.24) is 29.6 Å². The maximum atomic E-state index is 6.04. The number of nitrogens with one attached hydrogen (secondary N) is 1. The molecule has 27 heavy (non-hydrogen) atoms. The van der Waals surface area contributed by atoms with Gasteiger partial charge in [-0.2, -0.15) is 5.10 Å². The van der Waals surface area contributed by atoms with Gasteiger partial charge < -0.3 is 14.2 Å². The zero-order valence-electron chi connectivity index (χ0n) is 15.9. The van der Waals surface area contributed by atoms with E-state index in [1.165, 1.54) is 5.56 Å². The molecule has 3 aromatic rings. The number of nitrogens with zero attached hydrogens (tertiary/aromatic N) is 5. The van der Waals surface area contributed by atoms with Gasteiger partial charge >= 0.3 is 0 Å². The summed E-state index contributed by atoms with van der Waals surface area (Å²) in [4.78, 5) is 10.8. The first-order chi connectivity index (χ1) is 13.2. The third-order valence-electron chi connectivity index (χ3n) is 4.96. The number of rotatable bonds is 6. The normalized spacial score (nSPS) is 20.3. The lowest BCUT2D eigenvalue weighted by molar-refractivity contribution is -0.0138. The van der Waals surface area contributed by atoms with Crippen molar-refractivity contribution in [1.29, 1.82) is 0 Å². The van der Waals surface area contributed by atoms with E-state index >= 15 is 0 Å². The summed E-state index contributed by atoms with van der Waals surface area (Å²) in [5, 5.41) is 7.34. The molecule has 0 radical (unpaired) electrons. The summed E-state index contributed by atoms with van der Waals surface area (Å²) in [7, 11) is 4.03. The average molecular weight is 366 g/mol. The second-order valence-corrected chi connectivity index (χ2v) is 7.47. The fourth-order valence-corrected chi connectivity index (χ4v) is 3.60. The molecule has 1 aliphatic heterocycles. The third kappa shape index (κ3) is 4.43. The number of imidazole rings is 1. The van der Waals surface area contributed by atoms with E-state index in [9.17, 15) is 0 Å². The molecular weight excluding hydrogens is 340 g/mol. The summed E-state index contributed by atoms with van der Waals surface area (Å²) >= 11 is 0. The molecule has 0 amide bonds. The molecule has 1 aromatic carbocycles. The van der Waals surface area contributed by atoms with Crippen molar-refractivity contribution >= 4 is 0 Å². The number of H-pyrrole nitrogens is 1. The fraction of sp³-hybridized carbons (Fsp3) is 0.450. The van der Waals surface area contributed by atoms with Gasteiger partial charge in [-0.05, 0) is 38.4 Å². The molecule has 142 valence electrons. The van der Waals surface area contributed by atoms with Crippen LogP contribution in [-0.4, -0.2) is 50.3 Å². The maximum absolute atomic E-state index is 6.04. The lowest BCUT2D eigenvalue weighted by Crippen LogP contribution is -2.23. The highest BCUT2D eigenvalue weighted by Gasteiger charge is 2.24. The fourth-order valence-electron chi connectivity index (χ4n) is 3.60. The van der Waals surface area contributed by atoms with Gasteiger partial charge in [0.25, 0.3) is 0 Å². The molecule has 1 saturated heterocycles. The highest BCUT2D eigenvalue weighted by molar-refractivity contribution is 5.55. The molecule has 1 fully saturated rings. The molecule has 0 aliphatic carbocycles. The van der Waals surface area contributed by atoms with E-state index < -0.39 is 0 Å². The minimum absolute atomic E-state index is 0.151. The zero-order chi connectivity index (χ0) is 18.6. The molecule has 0 spiro atoms. The van der Waals surface area contributed by atoms with Crippen LogP contribution in [0.15, 0.2) is 43.0 Å². The van der Waals surface area contributed by atoms with E-state index in [4.69, 9.17) is 4.74 Å². The summed E-state index contributed by atoms with van der Waals surface area (Å²) in [6.45, 7) is 2.56. The van der Waals surface area contributed by atoms with Gasteiger partial charge in [-0.15, -0.1) is 0 Å². The van der Waals surface area contributed by atoms with Crippen molar-refractivity contribution in [3.8, 4) is 11.4 Å². The van der Waals surface area contributed by atoms with Crippen molar-refractivity contribution in [3.05, 3.63) is 54.4 Å². The molecule has 2 unspecified atom stereocenters. The second-order valence-electron chi connectivity index (χ2n) is 7.47. The molecule has 2 atom stereocenters.